The summed E-state index contributed by atoms with van der Waals surface area (Å²) in [4.78, 5) is 9.14. The Balaban J connectivity index is 2.61. The molecule has 1 heterocycles. The number of rotatable bonds is 11. The van der Waals surface area contributed by atoms with E-state index >= 15 is 0 Å². The summed E-state index contributed by atoms with van der Waals surface area (Å²) in [6, 6.07) is 0. The van der Waals surface area contributed by atoms with Crippen LogP contribution in [-0.2, 0) is 6.42 Å². The molecule has 0 fully saturated rings. The van der Waals surface area contributed by atoms with Gasteiger partial charge in [0, 0.05) is 13.0 Å². The molecule has 0 spiro atoms. The van der Waals surface area contributed by atoms with Crippen LogP contribution in [0.3, 0.4) is 0 Å². The minimum absolute atomic E-state index is 0.749. The van der Waals surface area contributed by atoms with Gasteiger partial charge in [0.15, 0.2) is 0 Å². The van der Waals surface area contributed by atoms with Crippen LogP contribution >= 0.6 is 0 Å². The molecule has 0 aliphatic rings. The third-order valence-corrected chi connectivity index (χ3v) is 3.45. The number of nitrogens with zero attached hydrogens (tertiary/aromatic N) is 2. The summed E-state index contributed by atoms with van der Waals surface area (Å²) in [5.41, 5.74) is 1.02. The van der Waals surface area contributed by atoms with Crippen molar-refractivity contribution in [2.45, 2.75) is 72.6 Å². The van der Waals surface area contributed by atoms with Crippen molar-refractivity contribution in [2.24, 2.45) is 0 Å². The third kappa shape index (κ3) is 6.32. The predicted octanol–water partition coefficient (Wildman–Crippen LogP) is 4.52. The minimum atomic E-state index is 0.749. The average Bonchev–Trinajstić information content (AvgIpc) is 2.47. The first-order valence-corrected chi connectivity index (χ1v) is 8.47. The molecular formula is C17H31N3O. The summed E-state index contributed by atoms with van der Waals surface area (Å²) >= 11 is 0. The first-order chi connectivity index (χ1) is 10.2. The normalized spacial score (nSPS) is 10.7. The largest absolute Gasteiger partial charge is 0.477 e. The molecule has 0 amide bonds. The lowest BCUT2D eigenvalue weighted by Crippen LogP contribution is -2.10. The van der Waals surface area contributed by atoms with Crippen molar-refractivity contribution in [3.8, 4) is 5.88 Å². The molecule has 4 heteroatoms. The van der Waals surface area contributed by atoms with E-state index in [1.54, 1.807) is 0 Å². The molecular weight excluding hydrogens is 262 g/mol. The molecule has 21 heavy (non-hydrogen) atoms. The van der Waals surface area contributed by atoms with Crippen LogP contribution in [0.2, 0.25) is 0 Å². The lowest BCUT2D eigenvalue weighted by atomic mass is 10.2. The molecule has 0 aromatic carbocycles. The van der Waals surface area contributed by atoms with Gasteiger partial charge in [-0.1, -0.05) is 39.5 Å². The number of nitrogens with one attached hydrogen (secondary N) is 1. The van der Waals surface area contributed by atoms with Crippen LogP contribution in [0.1, 0.15) is 70.7 Å². The van der Waals surface area contributed by atoms with Gasteiger partial charge in [0.25, 0.3) is 0 Å². The first kappa shape index (κ1) is 17.7. The maximum Gasteiger partial charge on any atom is 0.221 e. The lowest BCUT2D eigenvalue weighted by Gasteiger charge is -2.13. The molecule has 0 bridgehead atoms. The van der Waals surface area contributed by atoms with Crippen molar-refractivity contribution in [2.75, 3.05) is 18.5 Å². The summed E-state index contributed by atoms with van der Waals surface area (Å²) in [7, 11) is 0. The van der Waals surface area contributed by atoms with Gasteiger partial charge in [0.2, 0.25) is 5.88 Å². The quantitative estimate of drug-likeness (QED) is 0.609. The zero-order valence-corrected chi connectivity index (χ0v) is 14.2. The van der Waals surface area contributed by atoms with Gasteiger partial charge in [-0.2, -0.15) is 4.98 Å². The summed E-state index contributed by atoms with van der Waals surface area (Å²) in [6.07, 6.45) is 8.17. The molecule has 4 nitrogen and oxygen atoms in total. The fraction of sp³-hybridized carbons (Fsp3) is 0.765. The molecule has 1 aromatic rings. The highest BCUT2D eigenvalue weighted by molar-refractivity contribution is 5.48. The molecule has 120 valence electrons. The van der Waals surface area contributed by atoms with Crippen molar-refractivity contribution in [3.63, 3.8) is 0 Å². The molecule has 0 atom stereocenters. The Morgan fingerprint density at radius 2 is 1.71 bits per heavy atom. The van der Waals surface area contributed by atoms with Crippen molar-refractivity contribution in [1.82, 2.24) is 9.97 Å². The SMILES string of the molecule is CCCCCCCOc1nc(CCC)nc(NCC)c1C. The number of hydrogen-bond donors (Lipinski definition) is 1. The molecule has 1 rings (SSSR count). The topological polar surface area (TPSA) is 47.0 Å². The van der Waals surface area contributed by atoms with Crippen LogP contribution in [0.25, 0.3) is 0 Å². The number of aryl methyl sites for hydroxylation is 1. The number of unbranched alkanes of at least 4 members (excludes halogenated alkanes) is 4. The monoisotopic (exact) mass is 293 g/mol. The summed E-state index contributed by atoms with van der Waals surface area (Å²) in [5.74, 6) is 2.54. The van der Waals surface area contributed by atoms with E-state index in [4.69, 9.17) is 4.74 Å². The predicted molar refractivity (Wildman–Crippen MR) is 89.2 cm³/mol. The summed E-state index contributed by atoms with van der Waals surface area (Å²) < 4.78 is 5.90. The Hall–Kier alpha value is -1.32. The Morgan fingerprint density at radius 1 is 0.952 bits per heavy atom. The molecule has 1 aromatic heterocycles. The Labute approximate surface area is 129 Å². The van der Waals surface area contributed by atoms with Gasteiger partial charge in [0.05, 0.1) is 12.2 Å². The average molecular weight is 293 g/mol. The van der Waals surface area contributed by atoms with E-state index in [0.29, 0.717) is 0 Å². The van der Waals surface area contributed by atoms with Gasteiger partial charge < -0.3 is 10.1 Å². The highest BCUT2D eigenvalue weighted by Gasteiger charge is 2.11. The number of hydrogen-bond acceptors (Lipinski definition) is 4. The standard InChI is InChI=1S/C17H31N3O/c1-5-8-9-10-11-13-21-17-14(4)16(18-7-3)19-15(20-17)12-6-2/h5-13H2,1-4H3,(H,18,19,20). The van der Waals surface area contributed by atoms with Crippen LogP contribution in [0.15, 0.2) is 0 Å². The van der Waals surface area contributed by atoms with E-state index in [1.165, 1.54) is 25.7 Å². The van der Waals surface area contributed by atoms with Crippen LogP contribution in [0.5, 0.6) is 5.88 Å². The van der Waals surface area contributed by atoms with E-state index < -0.39 is 0 Å². The highest BCUT2D eigenvalue weighted by Crippen LogP contribution is 2.22. The molecule has 0 unspecified atom stereocenters. The van der Waals surface area contributed by atoms with E-state index in [-0.39, 0.29) is 0 Å². The smallest absolute Gasteiger partial charge is 0.221 e. The lowest BCUT2D eigenvalue weighted by molar-refractivity contribution is 0.290. The Bertz CT molecular complexity index is 407. The zero-order chi connectivity index (χ0) is 15.5. The number of ether oxygens (including phenoxy) is 1. The summed E-state index contributed by atoms with van der Waals surface area (Å²) in [6.45, 7) is 10.1. The minimum Gasteiger partial charge on any atom is -0.477 e. The number of aromatic nitrogens is 2. The molecule has 1 N–H and O–H groups in total. The van der Waals surface area contributed by atoms with Gasteiger partial charge in [0.1, 0.15) is 11.6 Å². The molecule has 0 radical (unpaired) electrons. The van der Waals surface area contributed by atoms with Gasteiger partial charge in [-0.3, -0.25) is 0 Å². The fourth-order valence-corrected chi connectivity index (χ4v) is 2.23. The first-order valence-electron chi connectivity index (χ1n) is 8.47. The van der Waals surface area contributed by atoms with Crippen molar-refractivity contribution < 1.29 is 4.74 Å². The van der Waals surface area contributed by atoms with Crippen molar-refractivity contribution >= 4 is 5.82 Å². The van der Waals surface area contributed by atoms with E-state index in [1.807, 2.05) is 6.92 Å². The second-order valence-electron chi connectivity index (χ2n) is 5.46. The van der Waals surface area contributed by atoms with E-state index in [2.05, 4.69) is 36.1 Å². The van der Waals surface area contributed by atoms with Crippen LogP contribution in [-0.4, -0.2) is 23.1 Å². The molecule has 0 aliphatic heterocycles. The van der Waals surface area contributed by atoms with Gasteiger partial charge in [-0.05, 0) is 26.7 Å². The number of anilines is 1. The molecule has 0 saturated heterocycles. The van der Waals surface area contributed by atoms with Crippen LogP contribution in [0, 0.1) is 6.92 Å². The van der Waals surface area contributed by atoms with Crippen molar-refractivity contribution in [3.05, 3.63) is 11.4 Å². The zero-order valence-electron chi connectivity index (χ0n) is 14.2. The van der Waals surface area contributed by atoms with Crippen molar-refractivity contribution in [1.29, 1.82) is 0 Å². The van der Waals surface area contributed by atoms with E-state index in [0.717, 1.165) is 55.5 Å². The fourth-order valence-electron chi connectivity index (χ4n) is 2.23. The van der Waals surface area contributed by atoms with E-state index in [9.17, 15) is 0 Å². The Morgan fingerprint density at radius 3 is 2.38 bits per heavy atom. The van der Waals surface area contributed by atoms with Crippen LogP contribution in [0.4, 0.5) is 5.82 Å². The highest BCUT2D eigenvalue weighted by atomic mass is 16.5. The van der Waals surface area contributed by atoms with Gasteiger partial charge >= 0.3 is 0 Å². The maximum atomic E-state index is 5.90. The second-order valence-corrected chi connectivity index (χ2v) is 5.46. The van der Waals surface area contributed by atoms with Gasteiger partial charge in [-0.15, -0.1) is 0 Å². The maximum absolute atomic E-state index is 5.90. The molecule has 0 aliphatic carbocycles. The Kier molecular flexibility index (Phi) is 8.79. The third-order valence-electron chi connectivity index (χ3n) is 3.45. The molecule has 0 saturated carbocycles. The van der Waals surface area contributed by atoms with Crippen LogP contribution < -0.4 is 10.1 Å². The second kappa shape index (κ2) is 10.4. The summed E-state index contributed by atoms with van der Waals surface area (Å²) in [5, 5.41) is 3.30. The van der Waals surface area contributed by atoms with Gasteiger partial charge in [-0.25, -0.2) is 4.98 Å².